The summed E-state index contributed by atoms with van der Waals surface area (Å²) >= 11 is 0. The van der Waals surface area contributed by atoms with Crippen LogP contribution in [0.1, 0.15) is 23.7 Å². The zero-order chi connectivity index (χ0) is 11.1. The molecule has 84 valence electrons. The van der Waals surface area contributed by atoms with Gasteiger partial charge in [-0.2, -0.15) is 0 Å². The van der Waals surface area contributed by atoms with E-state index < -0.39 is 0 Å². The van der Waals surface area contributed by atoms with E-state index in [2.05, 4.69) is 22.3 Å². The topological polar surface area (TPSA) is 32.3 Å². The van der Waals surface area contributed by atoms with E-state index in [4.69, 9.17) is 0 Å². The van der Waals surface area contributed by atoms with Crippen LogP contribution in [0.3, 0.4) is 0 Å². The Bertz CT molecular complexity index is 396. The second-order valence-corrected chi connectivity index (χ2v) is 4.80. The molecule has 1 aromatic rings. The molecular weight excluding hydrogens is 200 g/mol. The van der Waals surface area contributed by atoms with Gasteiger partial charge in [0.15, 0.2) is 5.78 Å². The summed E-state index contributed by atoms with van der Waals surface area (Å²) in [6.45, 7) is 3.79. The second-order valence-electron chi connectivity index (χ2n) is 4.80. The van der Waals surface area contributed by atoms with Crippen LogP contribution in [0.15, 0.2) is 24.3 Å². The minimum atomic E-state index is 0.134. The summed E-state index contributed by atoms with van der Waals surface area (Å²) in [6.07, 6.45) is 1.32. The normalized spacial score (nSPS) is 27.4. The van der Waals surface area contributed by atoms with Crippen LogP contribution in [-0.2, 0) is 0 Å². The highest BCUT2D eigenvalue weighted by Crippen LogP contribution is 2.26. The Morgan fingerprint density at radius 3 is 2.31 bits per heavy atom. The highest BCUT2D eigenvalue weighted by atomic mass is 16.1. The molecule has 3 saturated heterocycles. The Kier molecular flexibility index (Phi) is 2.21. The van der Waals surface area contributed by atoms with Crippen LogP contribution in [0.25, 0.3) is 0 Å². The van der Waals surface area contributed by atoms with Crippen LogP contribution >= 0.6 is 0 Å². The third kappa shape index (κ3) is 1.61. The standard InChI is InChI=1S/C13H16N2O/c1-9(16)10-2-4-13(5-3-10)15-7-11-6-12(8-15)14-11/h2-5,11-12,14H,6-8H2,1H3. The van der Waals surface area contributed by atoms with Gasteiger partial charge < -0.3 is 10.2 Å². The number of fused-ring (bicyclic) bond motifs is 2. The van der Waals surface area contributed by atoms with Crippen molar-refractivity contribution in [2.45, 2.75) is 25.4 Å². The Hall–Kier alpha value is -1.35. The number of Topliss-reactive ketones (excluding diaryl/α,β-unsaturated/α-hetero) is 1. The van der Waals surface area contributed by atoms with E-state index in [-0.39, 0.29) is 5.78 Å². The van der Waals surface area contributed by atoms with Crippen molar-refractivity contribution < 1.29 is 4.79 Å². The van der Waals surface area contributed by atoms with Crippen molar-refractivity contribution in [2.24, 2.45) is 0 Å². The maximum Gasteiger partial charge on any atom is 0.159 e. The molecule has 3 nitrogen and oxygen atoms in total. The monoisotopic (exact) mass is 216 g/mol. The van der Waals surface area contributed by atoms with E-state index in [9.17, 15) is 4.79 Å². The summed E-state index contributed by atoms with van der Waals surface area (Å²) in [5.41, 5.74) is 2.03. The molecular formula is C13H16N2O. The van der Waals surface area contributed by atoms with Crippen molar-refractivity contribution in [3.63, 3.8) is 0 Å². The third-order valence-electron chi connectivity index (χ3n) is 3.56. The van der Waals surface area contributed by atoms with Crippen LogP contribution < -0.4 is 10.2 Å². The van der Waals surface area contributed by atoms with Crippen molar-refractivity contribution in [2.75, 3.05) is 18.0 Å². The average Bonchev–Trinajstić information content (AvgIpc) is 2.28. The summed E-state index contributed by atoms with van der Waals surface area (Å²) in [5, 5.41) is 3.51. The highest BCUT2D eigenvalue weighted by Gasteiger charge is 2.36. The van der Waals surface area contributed by atoms with Crippen molar-refractivity contribution in [3.05, 3.63) is 29.8 Å². The van der Waals surface area contributed by atoms with Gasteiger partial charge in [-0.05, 0) is 37.6 Å². The fourth-order valence-corrected chi connectivity index (χ4v) is 2.63. The number of piperazine rings is 1. The first-order valence-corrected chi connectivity index (χ1v) is 5.84. The fourth-order valence-electron chi connectivity index (χ4n) is 2.63. The first kappa shape index (κ1) is 9.85. The van der Waals surface area contributed by atoms with Crippen molar-refractivity contribution in [1.82, 2.24) is 5.32 Å². The molecule has 0 radical (unpaired) electrons. The van der Waals surface area contributed by atoms with Crippen molar-refractivity contribution >= 4 is 11.5 Å². The number of nitrogens with zero attached hydrogens (tertiary/aromatic N) is 1. The maximum absolute atomic E-state index is 11.2. The van der Waals surface area contributed by atoms with Crippen LogP contribution in [0.2, 0.25) is 0 Å². The van der Waals surface area contributed by atoms with Crippen LogP contribution in [0.5, 0.6) is 0 Å². The lowest BCUT2D eigenvalue weighted by Gasteiger charge is -2.49. The minimum absolute atomic E-state index is 0.134. The molecule has 0 saturated carbocycles. The molecule has 4 rings (SSSR count). The van der Waals surface area contributed by atoms with E-state index in [0.29, 0.717) is 12.1 Å². The largest absolute Gasteiger partial charge is 0.368 e. The third-order valence-corrected chi connectivity index (χ3v) is 3.56. The Labute approximate surface area is 95.4 Å². The number of rotatable bonds is 2. The number of carbonyl (C=O) groups excluding carboxylic acids is 1. The van der Waals surface area contributed by atoms with Gasteiger partial charge in [-0.25, -0.2) is 0 Å². The lowest BCUT2D eigenvalue weighted by atomic mass is 9.91. The summed E-state index contributed by atoms with van der Waals surface area (Å²) < 4.78 is 0. The van der Waals surface area contributed by atoms with Gasteiger partial charge in [-0.15, -0.1) is 0 Å². The number of carbonyl (C=O) groups is 1. The predicted molar refractivity (Wildman–Crippen MR) is 64.0 cm³/mol. The van der Waals surface area contributed by atoms with Crippen molar-refractivity contribution in [1.29, 1.82) is 0 Å². The molecule has 3 aliphatic heterocycles. The molecule has 0 aliphatic carbocycles. The van der Waals surface area contributed by atoms with Crippen LogP contribution in [0.4, 0.5) is 5.69 Å². The van der Waals surface area contributed by atoms with E-state index >= 15 is 0 Å². The number of nitrogens with one attached hydrogen (secondary N) is 1. The molecule has 2 unspecified atom stereocenters. The van der Waals surface area contributed by atoms with Gasteiger partial charge >= 0.3 is 0 Å². The van der Waals surface area contributed by atoms with Gasteiger partial charge in [-0.3, -0.25) is 4.79 Å². The first-order chi connectivity index (χ1) is 7.72. The molecule has 3 aliphatic rings. The van der Waals surface area contributed by atoms with Gasteiger partial charge in [0.2, 0.25) is 0 Å². The van der Waals surface area contributed by atoms with Gasteiger partial charge in [-0.1, -0.05) is 0 Å². The zero-order valence-electron chi connectivity index (χ0n) is 9.44. The molecule has 3 fully saturated rings. The smallest absolute Gasteiger partial charge is 0.159 e. The minimum Gasteiger partial charge on any atom is -0.368 e. The fraction of sp³-hybridized carbons (Fsp3) is 0.462. The quantitative estimate of drug-likeness (QED) is 0.759. The number of hydrogen-bond donors (Lipinski definition) is 1. The number of piperidine rings is 1. The molecule has 1 aromatic carbocycles. The Balaban J connectivity index is 1.77. The summed E-state index contributed by atoms with van der Waals surface area (Å²) in [6, 6.07) is 9.30. The molecule has 0 amide bonds. The van der Waals surface area contributed by atoms with Gasteiger partial charge in [0, 0.05) is 36.4 Å². The molecule has 2 atom stereocenters. The molecule has 0 aromatic heterocycles. The SMILES string of the molecule is CC(=O)c1ccc(N2CC3CC(C2)N3)cc1. The van der Waals surface area contributed by atoms with Gasteiger partial charge in [0.25, 0.3) is 0 Å². The maximum atomic E-state index is 11.2. The Morgan fingerprint density at radius 2 is 1.81 bits per heavy atom. The molecule has 3 heteroatoms. The molecule has 16 heavy (non-hydrogen) atoms. The zero-order valence-corrected chi connectivity index (χ0v) is 9.44. The number of benzene rings is 1. The van der Waals surface area contributed by atoms with Crippen molar-refractivity contribution in [3.8, 4) is 0 Å². The predicted octanol–water partition coefficient (Wildman–Crippen LogP) is 1.44. The van der Waals surface area contributed by atoms with Gasteiger partial charge in [0.1, 0.15) is 0 Å². The van der Waals surface area contributed by atoms with Crippen LogP contribution in [0, 0.1) is 0 Å². The number of hydrogen-bond acceptors (Lipinski definition) is 3. The summed E-state index contributed by atoms with van der Waals surface area (Å²) in [7, 11) is 0. The number of anilines is 1. The highest BCUT2D eigenvalue weighted by molar-refractivity contribution is 5.94. The summed E-state index contributed by atoms with van der Waals surface area (Å²) in [4.78, 5) is 13.6. The van der Waals surface area contributed by atoms with E-state index in [1.54, 1.807) is 6.92 Å². The molecule has 2 bridgehead atoms. The van der Waals surface area contributed by atoms with Gasteiger partial charge in [0.05, 0.1) is 0 Å². The van der Waals surface area contributed by atoms with E-state index in [0.717, 1.165) is 18.7 Å². The van der Waals surface area contributed by atoms with E-state index in [1.807, 2.05) is 12.1 Å². The first-order valence-electron chi connectivity index (χ1n) is 5.84. The molecule has 0 spiro atoms. The average molecular weight is 216 g/mol. The second kappa shape index (κ2) is 3.59. The molecule has 1 N–H and O–H groups in total. The number of ketones is 1. The van der Waals surface area contributed by atoms with E-state index in [1.165, 1.54) is 12.1 Å². The lowest BCUT2D eigenvalue weighted by Crippen LogP contribution is -2.67. The molecule has 3 heterocycles. The Morgan fingerprint density at radius 1 is 1.25 bits per heavy atom. The summed E-state index contributed by atoms with van der Waals surface area (Å²) in [5.74, 6) is 0.134. The lowest BCUT2D eigenvalue weighted by molar-refractivity contribution is 0.101. The van der Waals surface area contributed by atoms with Crippen LogP contribution in [-0.4, -0.2) is 31.0 Å².